The molecule has 120 valence electrons. The van der Waals surface area contributed by atoms with Crippen LogP contribution in [0.4, 0.5) is 0 Å². The van der Waals surface area contributed by atoms with Gasteiger partial charge in [-0.15, -0.1) is 0 Å². The Morgan fingerprint density at radius 1 is 1.50 bits per heavy atom. The fourth-order valence-corrected chi connectivity index (χ4v) is 2.99. The molecule has 0 aliphatic carbocycles. The number of nitrogens with zero attached hydrogens (tertiary/aromatic N) is 3. The molecular weight excluding hydrogens is 290 g/mol. The molecule has 2 saturated heterocycles. The number of ether oxygens (including phenoxy) is 2. The lowest BCUT2D eigenvalue weighted by Gasteiger charge is -2.36. The van der Waals surface area contributed by atoms with Crippen molar-refractivity contribution < 1.29 is 23.6 Å². The van der Waals surface area contributed by atoms with Crippen LogP contribution in [0.25, 0.3) is 0 Å². The van der Waals surface area contributed by atoms with Gasteiger partial charge in [-0.2, -0.15) is 0 Å². The maximum Gasteiger partial charge on any atom is 0.259 e. The van der Waals surface area contributed by atoms with Crippen molar-refractivity contribution in [1.82, 2.24) is 15.0 Å². The van der Waals surface area contributed by atoms with Crippen LogP contribution < -0.4 is 0 Å². The number of aromatic nitrogens is 1. The number of amides is 2. The Morgan fingerprint density at radius 2 is 2.32 bits per heavy atom. The van der Waals surface area contributed by atoms with Crippen molar-refractivity contribution in [3.63, 3.8) is 0 Å². The van der Waals surface area contributed by atoms with Crippen molar-refractivity contribution in [3.05, 3.63) is 17.5 Å². The van der Waals surface area contributed by atoms with Crippen molar-refractivity contribution in [1.29, 1.82) is 0 Å². The van der Waals surface area contributed by atoms with E-state index < -0.39 is 0 Å². The van der Waals surface area contributed by atoms with E-state index in [9.17, 15) is 9.59 Å². The molecule has 0 saturated carbocycles. The van der Waals surface area contributed by atoms with Crippen molar-refractivity contribution in [3.8, 4) is 0 Å². The highest BCUT2D eigenvalue weighted by atomic mass is 16.5. The summed E-state index contributed by atoms with van der Waals surface area (Å²) in [5, 5.41) is 3.64. The first kappa shape index (κ1) is 15.0. The molecule has 2 unspecified atom stereocenters. The molecule has 8 heteroatoms. The lowest BCUT2D eigenvalue weighted by atomic mass is 10.1. The minimum absolute atomic E-state index is 0.0548. The van der Waals surface area contributed by atoms with Crippen LogP contribution in [-0.4, -0.2) is 78.9 Å². The second-order valence-corrected chi connectivity index (χ2v) is 5.50. The van der Waals surface area contributed by atoms with Gasteiger partial charge in [0.2, 0.25) is 5.91 Å². The largest absolute Gasteiger partial charge is 0.383 e. The van der Waals surface area contributed by atoms with Gasteiger partial charge in [0.1, 0.15) is 17.9 Å². The number of methoxy groups -OCH3 is 1. The lowest BCUT2D eigenvalue weighted by Crippen LogP contribution is -2.54. The van der Waals surface area contributed by atoms with E-state index in [2.05, 4.69) is 5.16 Å². The number of rotatable bonds is 4. The average molecular weight is 309 g/mol. The van der Waals surface area contributed by atoms with Crippen LogP contribution >= 0.6 is 0 Å². The molecule has 8 nitrogen and oxygen atoms in total. The molecule has 0 bridgehead atoms. The summed E-state index contributed by atoms with van der Waals surface area (Å²) >= 11 is 0. The summed E-state index contributed by atoms with van der Waals surface area (Å²) in [5.74, 6) is 0.290. The fraction of sp³-hybridized carbons (Fsp3) is 0.643. The average Bonchev–Trinajstić information content (AvgIpc) is 3.12. The Balaban J connectivity index is 1.73. The van der Waals surface area contributed by atoms with E-state index in [4.69, 9.17) is 14.0 Å². The summed E-state index contributed by atoms with van der Waals surface area (Å²) in [5.41, 5.74) is 0.452. The van der Waals surface area contributed by atoms with Crippen LogP contribution in [0.2, 0.25) is 0 Å². The van der Waals surface area contributed by atoms with Crippen molar-refractivity contribution >= 4 is 11.8 Å². The molecule has 2 amide bonds. The molecule has 2 fully saturated rings. The SMILES string of the molecule is COCCN1C(=O)COC2CN(C(=O)c3cnoc3C)CC21. The second kappa shape index (κ2) is 6.05. The highest BCUT2D eigenvalue weighted by Crippen LogP contribution is 2.25. The second-order valence-electron chi connectivity index (χ2n) is 5.50. The van der Waals surface area contributed by atoms with Crippen LogP contribution in [-0.2, 0) is 14.3 Å². The van der Waals surface area contributed by atoms with E-state index in [0.29, 0.717) is 37.6 Å². The number of fused-ring (bicyclic) bond motifs is 1. The molecule has 3 rings (SSSR count). The van der Waals surface area contributed by atoms with Gasteiger partial charge in [-0.1, -0.05) is 5.16 Å². The Kier molecular flexibility index (Phi) is 4.12. The van der Waals surface area contributed by atoms with Crippen LogP contribution in [0.15, 0.2) is 10.7 Å². The van der Waals surface area contributed by atoms with E-state index >= 15 is 0 Å². The Bertz CT molecular complexity index is 573. The first-order valence-corrected chi connectivity index (χ1v) is 7.22. The Labute approximate surface area is 127 Å². The van der Waals surface area contributed by atoms with Gasteiger partial charge in [-0.05, 0) is 6.92 Å². The number of hydrogen-bond donors (Lipinski definition) is 0. The van der Waals surface area contributed by atoms with Gasteiger partial charge in [0.25, 0.3) is 5.91 Å². The molecule has 2 aliphatic rings. The minimum Gasteiger partial charge on any atom is -0.383 e. The quantitative estimate of drug-likeness (QED) is 0.758. The molecule has 2 aliphatic heterocycles. The molecule has 1 aromatic heterocycles. The summed E-state index contributed by atoms with van der Waals surface area (Å²) < 4.78 is 15.6. The third-order valence-corrected chi connectivity index (χ3v) is 4.18. The normalized spacial score (nSPS) is 24.7. The summed E-state index contributed by atoms with van der Waals surface area (Å²) in [6.45, 7) is 3.64. The van der Waals surface area contributed by atoms with Crippen molar-refractivity contribution in [2.75, 3.05) is 40.0 Å². The predicted molar refractivity (Wildman–Crippen MR) is 74.3 cm³/mol. The molecule has 0 aromatic carbocycles. The Morgan fingerprint density at radius 3 is 3.00 bits per heavy atom. The molecule has 2 atom stereocenters. The molecule has 1 aromatic rings. The summed E-state index contributed by atoms with van der Waals surface area (Å²) in [6, 6.07) is -0.125. The third-order valence-electron chi connectivity index (χ3n) is 4.18. The maximum absolute atomic E-state index is 12.5. The van der Waals surface area contributed by atoms with E-state index in [1.807, 2.05) is 0 Å². The smallest absolute Gasteiger partial charge is 0.259 e. The van der Waals surface area contributed by atoms with E-state index in [1.54, 1.807) is 23.8 Å². The van der Waals surface area contributed by atoms with E-state index in [1.165, 1.54) is 6.20 Å². The molecule has 0 radical (unpaired) electrons. The van der Waals surface area contributed by atoms with Gasteiger partial charge >= 0.3 is 0 Å². The van der Waals surface area contributed by atoms with Gasteiger partial charge in [0.05, 0.1) is 24.9 Å². The monoisotopic (exact) mass is 309 g/mol. The summed E-state index contributed by atoms with van der Waals surface area (Å²) in [6.07, 6.45) is 1.27. The van der Waals surface area contributed by atoms with Crippen molar-refractivity contribution in [2.45, 2.75) is 19.1 Å². The van der Waals surface area contributed by atoms with Crippen LogP contribution in [0, 0.1) is 6.92 Å². The number of carbonyl (C=O) groups excluding carboxylic acids is 2. The van der Waals surface area contributed by atoms with Crippen molar-refractivity contribution in [2.24, 2.45) is 0 Å². The standard InChI is InChI=1S/C14H19N3O5/c1-9-10(5-15-22-9)14(19)16-6-11-12(7-16)21-8-13(18)17(11)3-4-20-2/h5,11-12H,3-4,6-8H2,1-2H3. The number of hydrogen-bond acceptors (Lipinski definition) is 6. The van der Waals surface area contributed by atoms with E-state index in [0.717, 1.165) is 0 Å². The van der Waals surface area contributed by atoms with Gasteiger partial charge in [-0.25, -0.2) is 0 Å². The number of carbonyl (C=O) groups is 2. The number of likely N-dealkylation sites (tertiary alicyclic amines) is 1. The first-order valence-electron chi connectivity index (χ1n) is 7.22. The van der Waals surface area contributed by atoms with Gasteiger partial charge in [0.15, 0.2) is 0 Å². The van der Waals surface area contributed by atoms with E-state index in [-0.39, 0.29) is 30.6 Å². The predicted octanol–water partition coefficient (Wildman–Crippen LogP) is -0.319. The van der Waals surface area contributed by atoms with Gasteiger partial charge in [-0.3, -0.25) is 9.59 Å². The summed E-state index contributed by atoms with van der Waals surface area (Å²) in [7, 11) is 1.60. The highest BCUT2D eigenvalue weighted by molar-refractivity contribution is 5.95. The van der Waals surface area contributed by atoms with Crippen LogP contribution in [0.3, 0.4) is 0 Å². The molecular formula is C14H19N3O5. The van der Waals surface area contributed by atoms with Crippen LogP contribution in [0.5, 0.6) is 0 Å². The third kappa shape index (κ3) is 2.59. The highest BCUT2D eigenvalue weighted by Gasteiger charge is 2.44. The zero-order valence-electron chi connectivity index (χ0n) is 12.7. The summed E-state index contributed by atoms with van der Waals surface area (Å²) in [4.78, 5) is 28.0. The minimum atomic E-state index is -0.154. The molecule has 22 heavy (non-hydrogen) atoms. The zero-order valence-corrected chi connectivity index (χ0v) is 12.7. The van der Waals surface area contributed by atoms with Crippen LogP contribution in [0.1, 0.15) is 16.1 Å². The number of aryl methyl sites for hydroxylation is 1. The molecule has 0 N–H and O–H groups in total. The Hall–Kier alpha value is -1.93. The van der Waals surface area contributed by atoms with Gasteiger partial charge in [0, 0.05) is 26.7 Å². The molecule has 3 heterocycles. The molecule has 0 spiro atoms. The zero-order chi connectivity index (χ0) is 15.7. The fourth-order valence-electron chi connectivity index (χ4n) is 2.99. The van der Waals surface area contributed by atoms with Gasteiger partial charge < -0.3 is 23.8 Å². The lowest BCUT2D eigenvalue weighted by molar-refractivity contribution is -0.153. The first-order chi connectivity index (χ1) is 10.6. The number of morpholine rings is 1. The topological polar surface area (TPSA) is 85.1 Å². The maximum atomic E-state index is 12.5.